The Bertz CT molecular complexity index is 817. The lowest BCUT2D eigenvalue weighted by atomic mass is 9.77. The zero-order valence-corrected chi connectivity index (χ0v) is 17.8. The van der Waals surface area contributed by atoms with E-state index in [1.807, 2.05) is 12.1 Å². The van der Waals surface area contributed by atoms with Gasteiger partial charge in [-0.3, -0.25) is 4.90 Å². The normalized spacial score (nSPS) is 27.0. The van der Waals surface area contributed by atoms with Crippen LogP contribution in [0.5, 0.6) is 11.5 Å². The third-order valence-corrected chi connectivity index (χ3v) is 6.50. The van der Waals surface area contributed by atoms with Crippen LogP contribution in [0.1, 0.15) is 37.8 Å². The molecule has 2 heterocycles. The summed E-state index contributed by atoms with van der Waals surface area (Å²) in [4.78, 5) is 6.46. The van der Waals surface area contributed by atoms with Gasteiger partial charge >= 0.3 is 0 Å². The summed E-state index contributed by atoms with van der Waals surface area (Å²) < 4.78 is 13.1. The number of fused-ring (bicyclic) bond motifs is 1. The second kappa shape index (κ2) is 8.90. The smallest absolute Gasteiger partial charge is 0.162 e. The van der Waals surface area contributed by atoms with Crippen LogP contribution in [0.2, 0.25) is 5.02 Å². The lowest BCUT2D eigenvalue weighted by molar-refractivity contribution is 0.0304. The van der Waals surface area contributed by atoms with Gasteiger partial charge in [-0.05, 0) is 42.7 Å². The molecular formula is C21H29ClN4O3. The van der Waals surface area contributed by atoms with E-state index in [0.29, 0.717) is 29.2 Å². The number of hydrogen-bond donors (Lipinski definition) is 1. The molecule has 158 valence electrons. The number of ether oxygens (including phenoxy) is 2. The van der Waals surface area contributed by atoms with Crippen LogP contribution >= 0.6 is 11.6 Å². The van der Waals surface area contributed by atoms with Crippen LogP contribution in [-0.2, 0) is 6.54 Å². The Kier molecular flexibility index (Phi) is 6.27. The molecule has 8 heteroatoms. The van der Waals surface area contributed by atoms with Gasteiger partial charge in [-0.25, -0.2) is 9.67 Å². The predicted octanol–water partition coefficient (Wildman–Crippen LogP) is 3.17. The molecule has 2 fully saturated rings. The van der Waals surface area contributed by atoms with E-state index < -0.39 is 0 Å². The maximum atomic E-state index is 10.6. The van der Waals surface area contributed by atoms with Crippen LogP contribution < -0.4 is 9.47 Å². The summed E-state index contributed by atoms with van der Waals surface area (Å²) >= 11 is 6.56. The fourth-order valence-corrected chi connectivity index (χ4v) is 4.94. The molecule has 0 bridgehead atoms. The van der Waals surface area contributed by atoms with Gasteiger partial charge in [0.1, 0.15) is 12.7 Å². The number of nitrogens with zero attached hydrogens (tertiary/aromatic N) is 4. The first-order valence-corrected chi connectivity index (χ1v) is 10.7. The van der Waals surface area contributed by atoms with Gasteiger partial charge in [0, 0.05) is 30.7 Å². The van der Waals surface area contributed by atoms with Gasteiger partial charge < -0.3 is 14.6 Å². The predicted molar refractivity (Wildman–Crippen MR) is 110 cm³/mol. The molecule has 1 saturated carbocycles. The SMILES string of the molecule is CCCOc1cc(Cl)c(CN2C[C@H]3C[C@@H](n4cncn4)[C@H](O)C[C@H]3C2)cc1OC. The molecule has 1 aliphatic carbocycles. The monoisotopic (exact) mass is 420 g/mol. The highest BCUT2D eigenvalue weighted by Gasteiger charge is 2.42. The first kappa shape index (κ1) is 20.4. The summed E-state index contributed by atoms with van der Waals surface area (Å²) in [6.45, 7) is 5.44. The Hall–Kier alpha value is -1.83. The third kappa shape index (κ3) is 4.37. The van der Waals surface area contributed by atoms with Gasteiger partial charge in [0.05, 0.1) is 25.9 Å². The van der Waals surface area contributed by atoms with Crippen molar-refractivity contribution in [1.29, 1.82) is 0 Å². The number of rotatable bonds is 7. The molecule has 1 N–H and O–H groups in total. The first-order valence-electron chi connectivity index (χ1n) is 10.3. The van der Waals surface area contributed by atoms with Crippen LogP contribution in [0.15, 0.2) is 24.8 Å². The third-order valence-electron chi connectivity index (χ3n) is 6.15. The van der Waals surface area contributed by atoms with Gasteiger partial charge in [-0.1, -0.05) is 18.5 Å². The van der Waals surface area contributed by atoms with Crippen molar-refractivity contribution in [2.24, 2.45) is 11.8 Å². The van der Waals surface area contributed by atoms with Gasteiger partial charge in [0.2, 0.25) is 0 Å². The Morgan fingerprint density at radius 2 is 2.00 bits per heavy atom. The average molecular weight is 421 g/mol. The van der Waals surface area contributed by atoms with Crippen molar-refractivity contribution in [2.45, 2.75) is 44.9 Å². The van der Waals surface area contributed by atoms with Crippen molar-refractivity contribution in [3.05, 3.63) is 35.4 Å². The lowest BCUT2D eigenvalue weighted by Crippen LogP contribution is -2.36. The van der Waals surface area contributed by atoms with Crippen LogP contribution in [0.25, 0.3) is 0 Å². The van der Waals surface area contributed by atoms with Crippen LogP contribution in [0.3, 0.4) is 0 Å². The Morgan fingerprint density at radius 1 is 1.21 bits per heavy atom. The van der Waals surface area contributed by atoms with Gasteiger partial charge in [0.15, 0.2) is 11.5 Å². The molecular weight excluding hydrogens is 392 g/mol. The Morgan fingerprint density at radius 3 is 2.69 bits per heavy atom. The molecule has 0 unspecified atom stereocenters. The quantitative estimate of drug-likeness (QED) is 0.741. The second-order valence-corrected chi connectivity index (χ2v) is 8.55. The van der Waals surface area contributed by atoms with Crippen LogP contribution in [0.4, 0.5) is 0 Å². The number of aromatic nitrogens is 3. The number of hydrogen-bond acceptors (Lipinski definition) is 6. The summed E-state index contributed by atoms with van der Waals surface area (Å²) in [7, 11) is 1.65. The number of methoxy groups -OCH3 is 1. The van der Waals surface area contributed by atoms with Crippen molar-refractivity contribution >= 4 is 11.6 Å². The van der Waals surface area contributed by atoms with E-state index in [1.165, 1.54) is 6.33 Å². The van der Waals surface area contributed by atoms with E-state index in [4.69, 9.17) is 21.1 Å². The molecule has 7 nitrogen and oxygen atoms in total. The second-order valence-electron chi connectivity index (χ2n) is 8.14. The summed E-state index contributed by atoms with van der Waals surface area (Å²) in [6.07, 6.45) is 5.51. The van der Waals surface area contributed by atoms with Crippen molar-refractivity contribution in [2.75, 3.05) is 26.8 Å². The summed E-state index contributed by atoms with van der Waals surface area (Å²) in [5.41, 5.74) is 1.04. The van der Waals surface area contributed by atoms with Gasteiger partial charge in [0.25, 0.3) is 0 Å². The molecule has 4 atom stereocenters. The summed E-state index contributed by atoms with van der Waals surface area (Å²) in [5, 5.41) is 15.6. The highest BCUT2D eigenvalue weighted by atomic mass is 35.5. The maximum Gasteiger partial charge on any atom is 0.162 e. The summed E-state index contributed by atoms with van der Waals surface area (Å²) in [5.74, 6) is 2.45. The molecule has 4 rings (SSSR count). The molecule has 1 aromatic heterocycles. The lowest BCUT2D eigenvalue weighted by Gasteiger charge is -2.35. The molecule has 2 aliphatic rings. The topological polar surface area (TPSA) is 72.6 Å². The van der Waals surface area contributed by atoms with Gasteiger partial charge in [-0.2, -0.15) is 5.10 Å². The van der Waals surface area contributed by atoms with Crippen LogP contribution in [-0.4, -0.2) is 57.7 Å². The number of halogens is 1. The first-order chi connectivity index (χ1) is 14.1. The van der Waals surface area contributed by atoms with E-state index in [9.17, 15) is 5.11 Å². The minimum atomic E-state index is -0.378. The molecule has 0 spiro atoms. The standard InChI is InChI=1S/C21H29ClN4O3/c1-3-4-29-21-8-17(22)16(7-20(21)28-2)11-25-9-14-5-18(26-13-23-12-24-26)19(27)6-15(14)10-25/h7-8,12-15,18-19,27H,3-6,9-11H2,1-2H3/t14-,15+,18-,19-/m1/s1. The molecule has 1 saturated heterocycles. The zero-order valence-electron chi connectivity index (χ0n) is 17.0. The minimum Gasteiger partial charge on any atom is -0.493 e. The highest BCUT2D eigenvalue weighted by Crippen LogP contribution is 2.42. The van der Waals surface area contributed by atoms with Crippen LogP contribution in [0, 0.1) is 11.8 Å². The van der Waals surface area contributed by atoms with E-state index in [2.05, 4.69) is 21.9 Å². The molecule has 29 heavy (non-hydrogen) atoms. The number of aliphatic hydroxyl groups excluding tert-OH is 1. The average Bonchev–Trinajstić information content (AvgIpc) is 3.36. The van der Waals surface area contributed by atoms with Crippen molar-refractivity contribution < 1.29 is 14.6 Å². The van der Waals surface area contributed by atoms with E-state index in [-0.39, 0.29) is 12.1 Å². The fourth-order valence-electron chi connectivity index (χ4n) is 4.73. The fraction of sp³-hybridized carbons (Fsp3) is 0.619. The zero-order chi connectivity index (χ0) is 20.4. The molecule has 1 aliphatic heterocycles. The van der Waals surface area contributed by atoms with E-state index in [1.54, 1.807) is 18.1 Å². The number of aliphatic hydroxyl groups is 1. The Labute approximate surface area is 176 Å². The molecule has 0 radical (unpaired) electrons. The van der Waals surface area contributed by atoms with E-state index >= 15 is 0 Å². The number of likely N-dealkylation sites (tertiary alicyclic amines) is 1. The van der Waals surface area contributed by atoms with Crippen molar-refractivity contribution in [1.82, 2.24) is 19.7 Å². The minimum absolute atomic E-state index is 0.0115. The maximum absolute atomic E-state index is 10.6. The summed E-state index contributed by atoms with van der Waals surface area (Å²) in [6, 6.07) is 3.86. The van der Waals surface area contributed by atoms with Crippen molar-refractivity contribution in [3.63, 3.8) is 0 Å². The molecule has 0 amide bonds. The largest absolute Gasteiger partial charge is 0.493 e. The molecule has 1 aromatic carbocycles. The molecule has 2 aromatic rings. The van der Waals surface area contributed by atoms with Gasteiger partial charge in [-0.15, -0.1) is 0 Å². The highest BCUT2D eigenvalue weighted by molar-refractivity contribution is 6.31. The Balaban J connectivity index is 1.44. The number of benzene rings is 1. The van der Waals surface area contributed by atoms with E-state index in [0.717, 1.165) is 50.2 Å². The van der Waals surface area contributed by atoms with Crippen molar-refractivity contribution in [3.8, 4) is 11.5 Å².